The Bertz CT molecular complexity index is 563. The standard InChI is InChI=1S/C13H16FN3O/c1-8-4-5-9(14)6-10(8)11-16-12(18-17-11)13(2,3)7-15/h4-6H,7,15H2,1-3H3. The van der Waals surface area contributed by atoms with Crippen LogP contribution < -0.4 is 5.73 Å². The molecule has 0 unspecified atom stereocenters. The van der Waals surface area contributed by atoms with E-state index in [1.54, 1.807) is 6.07 Å². The lowest BCUT2D eigenvalue weighted by Gasteiger charge is -2.15. The average Bonchev–Trinajstić information content (AvgIpc) is 2.82. The third-order valence-electron chi connectivity index (χ3n) is 2.96. The third-order valence-corrected chi connectivity index (χ3v) is 2.96. The zero-order chi connectivity index (χ0) is 13.3. The highest BCUT2D eigenvalue weighted by molar-refractivity contribution is 5.59. The van der Waals surface area contributed by atoms with E-state index in [2.05, 4.69) is 10.1 Å². The summed E-state index contributed by atoms with van der Waals surface area (Å²) < 4.78 is 18.4. The maximum Gasteiger partial charge on any atom is 0.233 e. The predicted molar refractivity (Wildman–Crippen MR) is 66.5 cm³/mol. The van der Waals surface area contributed by atoms with Crippen molar-refractivity contribution in [2.45, 2.75) is 26.2 Å². The molecule has 2 N–H and O–H groups in total. The third kappa shape index (κ3) is 2.26. The van der Waals surface area contributed by atoms with Gasteiger partial charge in [-0.25, -0.2) is 4.39 Å². The molecule has 0 aliphatic carbocycles. The van der Waals surface area contributed by atoms with E-state index < -0.39 is 0 Å². The fourth-order valence-corrected chi connectivity index (χ4v) is 1.53. The van der Waals surface area contributed by atoms with Crippen LogP contribution in [0, 0.1) is 12.7 Å². The molecule has 4 nitrogen and oxygen atoms in total. The summed E-state index contributed by atoms with van der Waals surface area (Å²) in [4.78, 5) is 4.30. The summed E-state index contributed by atoms with van der Waals surface area (Å²) in [6, 6.07) is 4.50. The van der Waals surface area contributed by atoms with E-state index >= 15 is 0 Å². The molecule has 1 aromatic carbocycles. The summed E-state index contributed by atoms with van der Waals surface area (Å²) in [5.41, 5.74) is 6.80. The Labute approximate surface area is 105 Å². The molecule has 96 valence electrons. The number of aryl methyl sites for hydroxylation is 1. The van der Waals surface area contributed by atoms with Gasteiger partial charge in [0.2, 0.25) is 11.7 Å². The molecule has 0 bridgehead atoms. The summed E-state index contributed by atoms with van der Waals surface area (Å²) in [6.45, 7) is 6.11. The summed E-state index contributed by atoms with van der Waals surface area (Å²) >= 11 is 0. The summed E-state index contributed by atoms with van der Waals surface area (Å²) in [7, 11) is 0. The molecule has 0 aliphatic rings. The largest absolute Gasteiger partial charge is 0.338 e. The number of nitrogens with two attached hydrogens (primary N) is 1. The fraction of sp³-hybridized carbons (Fsp3) is 0.385. The van der Waals surface area contributed by atoms with Gasteiger partial charge in [-0.3, -0.25) is 0 Å². The molecule has 0 radical (unpaired) electrons. The van der Waals surface area contributed by atoms with Gasteiger partial charge in [0.1, 0.15) is 5.82 Å². The van der Waals surface area contributed by atoms with Crippen LogP contribution in [0.1, 0.15) is 25.3 Å². The van der Waals surface area contributed by atoms with Gasteiger partial charge in [-0.05, 0) is 38.5 Å². The quantitative estimate of drug-likeness (QED) is 0.907. The molecule has 0 saturated heterocycles. The van der Waals surface area contributed by atoms with E-state index in [1.807, 2.05) is 20.8 Å². The molecule has 0 saturated carbocycles. The van der Waals surface area contributed by atoms with Crippen LogP contribution in [0.2, 0.25) is 0 Å². The van der Waals surface area contributed by atoms with Crippen molar-refractivity contribution in [3.05, 3.63) is 35.5 Å². The lowest BCUT2D eigenvalue weighted by Crippen LogP contribution is -2.28. The molecule has 0 amide bonds. The summed E-state index contributed by atoms with van der Waals surface area (Å²) in [5, 5.41) is 3.89. The minimum atomic E-state index is -0.382. The highest BCUT2D eigenvalue weighted by Crippen LogP contribution is 2.25. The minimum absolute atomic E-state index is 0.319. The normalized spacial score (nSPS) is 11.8. The number of aromatic nitrogens is 2. The van der Waals surface area contributed by atoms with Crippen molar-refractivity contribution in [2.75, 3.05) is 6.54 Å². The number of halogens is 1. The Morgan fingerprint density at radius 1 is 1.39 bits per heavy atom. The number of nitrogens with zero attached hydrogens (tertiary/aromatic N) is 2. The SMILES string of the molecule is Cc1ccc(F)cc1-c1noc(C(C)(C)CN)n1. The molecule has 2 rings (SSSR count). The lowest BCUT2D eigenvalue weighted by atomic mass is 9.94. The number of hydrogen-bond acceptors (Lipinski definition) is 4. The van der Waals surface area contributed by atoms with Crippen LogP contribution in [-0.4, -0.2) is 16.7 Å². The van der Waals surface area contributed by atoms with E-state index in [4.69, 9.17) is 10.3 Å². The first-order valence-electron chi connectivity index (χ1n) is 5.75. The van der Waals surface area contributed by atoms with Gasteiger partial charge >= 0.3 is 0 Å². The zero-order valence-corrected chi connectivity index (χ0v) is 10.7. The Kier molecular flexibility index (Phi) is 3.17. The Morgan fingerprint density at radius 2 is 2.11 bits per heavy atom. The monoisotopic (exact) mass is 249 g/mol. The molecular formula is C13H16FN3O. The first kappa shape index (κ1) is 12.7. The molecular weight excluding hydrogens is 233 g/mol. The highest BCUT2D eigenvalue weighted by Gasteiger charge is 2.26. The number of benzene rings is 1. The van der Waals surface area contributed by atoms with Gasteiger partial charge in [-0.2, -0.15) is 4.98 Å². The van der Waals surface area contributed by atoms with E-state index in [-0.39, 0.29) is 11.2 Å². The van der Waals surface area contributed by atoms with Crippen molar-refractivity contribution in [2.24, 2.45) is 5.73 Å². The van der Waals surface area contributed by atoms with Crippen molar-refractivity contribution < 1.29 is 8.91 Å². The maximum atomic E-state index is 13.2. The molecule has 2 aromatic rings. The topological polar surface area (TPSA) is 64.9 Å². The molecule has 1 heterocycles. The van der Waals surface area contributed by atoms with Gasteiger partial charge in [-0.1, -0.05) is 11.2 Å². The van der Waals surface area contributed by atoms with Gasteiger partial charge in [0.05, 0.1) is 5.41 Å². The van der Waals surface area contributed by atoms with E-state index in [0.29, 0.717) is 23.8 Å². The lowest BCUT2D eigenvalue weighted by molar-refractivity contribution is 0.311. The molecule has 18 heavy (non-hydrogen) atoms. The minimum Gasteiger partial charge on any atom is -0.338 e. The second kappa shape index (κ2) is 4.49. The van der Waals surface area contributed by atoms with Crippen molar-refractivity contribution in [3.8, 4) is 11.4 Å². The van der Waals surface area contributed by atoms with Gasteiger partial charge in [0, 0.05) is 12.1 Å². The van der Waals surface area contributed by atoms with Gasteiger partial charge < -0.3 is 10.3 Å². The van der Waals surface area contributed by atoms with Crippen LogP contribution in [0.3, 0.4) is 0 Å². The molecule has 1 aromatic heterocycles. The van der Waals surface area contributed by atoms with Crippen molar-refractivity contribution >= 4 is 0 Å². The second-order valence-electron chi connectivity index (χ2n) is 4.97. The van der Waals surface area contributed by atoms with Crippen molar-refractivity contribution in [1.29, 1.82) is 0 Å². The Morgan fingerprint density at radius 3 is 2.78 bits per heavy atom. The van der Waals surface area contributed by atoms with Gasteiger partial charge in [0.25, 0.3) is 0 Å². The second-order valence-corrected chi connectivity index (χ2v) is 4.97. The Hall–Kier alpha value is -1.75. The van der Waals surface area contributed by atoms with E-state index in [9.17, 15) is 4.39 Å². The summed E-state index contributed by atoms with van der Waals surface area (Å²) in [6.07, 6.45) is 0. The van der Waals surface area contributed by atoms with E-state index in [0.717, 1.165) is 5.56 Å². The zero-order valence-electron chi connectivity index (χ0n) is 10.7. The summed E-state index contributed by atoms with van der Waals surface area (Å²) in [5.74, 6) is 0.534. The van der Waals surface area contributed by atoms with Gasteiger partial charge in [-0.15, -0.1) is 0 Å². The Balaban J connectivity index is 2.44. The van der Waals surface area contributed by atoms with Crippen LogP contribution in [-0.2, 0) is 5.41 Å². The highest BCUT2D eigenvalue weighted by atomic mass is 19.1. The van der Waals surface area contributed by atoms with E-state index in [1.165, 1.54) is 12.1 Å². The smallest absolute Gasteiger partial charge is 0.233 e. The van der Waals surface area contributed by atoms with Crippen LogP contribution in [0.15, 0.2) is 22.7 Å². The molecule has 0 atom stereocenters. The molecule has 5 heteroatoms. The maximum absolute atomic E-state index is 13.2. The van der Waals surface area contributed by atoms with Crippen LogP contribution in [0.25, 0.3) is 11.4 Å². The first-order chi connectivity index (χ1) is 8.44. The molecule has 0 spiro atoms. The first-order valence-corrected chi connectivity index (χ1v) is 5.75. The molecule has 0 fully saturated rings. The average molecular weight is 249 g/mol. The van der Waals surface area contributed by atoms with Crippen LogP contribution in [0.5, 0.6) is 0 Å². The molecule has 0 aliphatic heterocycles. The number of hydrogen-bond donors (Lipinski definition) is 1. The van der Waals surface area contributed by atoms with Crippen LogP contribution >= 0.6 is 0 Å². The fourth-order valence-electron chi connectivity index (χ4n) is 1.53. The van der Waals surface area contributed by atoms with Crippen molar-refractivity contribution in [3.63, 3.8) is 0 Å². The van der Waals surface area contributed by atoms with Crippen LogP contribution in [0.4, 0.5) is 4.39 Å². The number of rotatable bonds is 3. The van der Waals surface area contributed by atoms with Crippen molar-refractivity contribution in [1.82, 2.24) is 10.1 Å². The predicted octanol–water partition coefficient (Wildman–Crippen LogP) is 2.42. The van der Waals surface area contributed by atoms with Gasteiger partial charge in [0.15, 0.2) is 0 Å².